The van der Waals surface area contributed by atoms with Crippen LogP contribution in [-0.2, 0) is 0 Å². The number of hydrogen-bond acceptors (Lipinski definition) is 2. The molecule has 0 radical (unpaired) electrons. The molecule has 0 saturated heterocycles. The van der Waals surface area contributed by atoms with Crippen LogP contribution in [0.1, 0.15) is 41.5 Å². The van der Waals surface area contributed by atoms with Crippen LogP contribution in [0.4, 0.5) is 4.39 Å². The summed E-state index contributed by atoms with van der Waals surface area (Å²) in [6.45, 7) is 22.1. The summed E-state index contributed by atoms with van der Waals surface area (Å²) in [5.41, 5.74) is 0. The van der Waals surface area contributed by atoms with Gasteiger partial charge in [0, 0.05) is 11.5 Å². The summed E-state index contributed by atoms with van der Waals surface area (Å²) in [6, 6.07) is 7.31. The minimum absolute atomic E-state index is 0.0452. The Hall–Kier alpha value is -0.856. The van der Waals surface area contributed by atoms with E-state index in [2.05, 4.69) is 83.7 Å². The molecule has 156 valence electrons. The number of benzene rings is 2. The van der Waals surface area contributed by atoms with Gasteiger partial charge in [-0.2, -0.15) is 0 Å². The van der Waals surface area contributed by atoms with E-state index in [4.69, 9.17) is 8.85 Å². The van der Waals surface area contributed by atoms with Crippen LogP contribution in [0.2, 0.25) is 36.3 Å². The van der Waals surface area contributed by atoms with Crippen molar-refractivity contribution in [2.75, 3.05) is 0 Å². The Morgan fingerprint density at radius 3 is 1.79 bits per heavy atom. The Balaban J connectivity index is 2.65. The van der Waals surface area contributed by atoms with Crippen molar-refractivity contribution in [1.29, 1.82) is 0 Å². The molecule has 0 aliphatic rings. The molecule has 0 amide bonds. The third-order valence-corrected chi connectivity index (χ3v) is 15.6. The lowest BCUT2D eigenvalue weighted by Gasteiger charge is -2.38. The molecule has 0 spiro atoms. The highest BCUT2D eigenvalue weighted by molar-refractivity contribution is 9.10. The average molecular weight is 486 g/mol. The van der Waals surface area contributed by atoms with E-state index in [0.717, 1.165) is 16.5 Å². The van der Waals surface area contributed by atoms with Crippen LogP contribution in [0, 0.1) is 5.82 Å². The van der Waals surface area contributed by atoms with E-state index in [-0.39, 0.29) is 15.9 Å². The van der Waals surface area contributed by atoms with Crippen molar-refractivity contribution in [3.05, 3.63) is 34.6 Å². The Kier molecular flexibility index (Phi) is 6.22. The van der Waals surface area contributed by atoms with Crippen LogP contribution in [0.3, 0.4) is 0 Å². The lowest BCUT2D eigenvalue weighted by atomic mass is 10.1. The average Bonchev–Trinajstić information content (AvgIpc) is 2.46. The molecule has 0 heterocycles. The number of hydrogen-bond donors (Lipinski definition) is 0. The molecule has 0 aliphatic heterocycles. The van der Waals surface area contributed by atoms with Gasteiger partial charge in [-0.15, -0.1) is 0 Å². The molecule has 2 aromatic rings. The largest absolute Gasteiger partial charge is 0.543 e. The van der Waals surface area contributed by atoms with Gasteiger partial charge in [0.1, 0.15) is 17.3 Å². The van der Waals surface area contributed by atoms with Crippen molar-refractivity contribution in [2.24, 2.45) is 0 Å². The molecule has 6 heteroatoms. The second-order valence-electron chi connectivity index (χ2n) is 10.6. The SMILES string of the molecule is CC(C)(C)[Si](C)(C)Oc1cc(O[Si](C)(C)C(C)(C)C)c2cc(F)c(Br)cc2c1. The molecule has 0 aromatic heterocycles. The number of fused-ring (bicyclic) bond motifs is 1. The van der Waals surface area contributed by atoms with Gasteiger partial charge in [0.05, 0.1) is 4.47 Å². The smallest absolute Gasteiger partial charge is 0.250 e. The highest BCUT2D eigenvalue weighted by Gasteiger charge is 2.41. The Bertz CT molecular complexity index is 881. The molecule has 2 nitrogen and oxygen atoms in total. The second kappa shape index (κ2) is 7.44. The lowest BCUT2D eigenvalue weighted by Crippen LogP contribution is -2.44. The van der Waals surface area contributed by atoms with E-state index in [0.29, 0.717) is 10.2 Å². The first-order chi connectivity index (χ1) is 12.4. The highest BCUT2D eigenvalue weighted by atomic mass is 79.9. The summed E-state index contributed by atoms with van der Waals surface area (Å²) in [7, 11) is -4.10. The monoisotopic (exact) mass is 484 g/mol. The fourth-order valence-corrected chi connectivity index (χ4v) is 4.72. The summed E-state index contributed by atoms with van der Waals surface area (Å²) in [5.74, 6) is 1.22. The maximum absolute atomic E-state index is 14.3. The van der Waals surface area contributed by atoms with Crippen molar-refractivity contribution < 1.29 is 13.2 Å². The van der Waals surface area contributed by atoms with Gasteiger partial charge < -0.3 is 8.85 Å². The van der Waals surface area contributed by atoms with Crippen LogP contribution in [0.15, 0.2) is 28.7 Å². The number of halogens is 2. The van der Waals surface area contributed by atoms with E-state index < -0.39 is 16.6 Å². The first kappa shape index (κ1) is 23.4. The van der Waals surface area contributed by atoms with Gasteiger partial charge in [-0.25, -0.2) is 4.39 Å². The van der Waals surface area contributed by atoms with Crippen molar-refractivity contribution in [1.82, 2.24) is 0 Å². The summed E-state index contributed by atoms with van der Waals surface area (Å²) in [5, 5.41) is 1.83. The second-order valence-corrected chi connectivity index (χ2v) is 20.9. The molecule has 28 heavy (non-hydrogen) atoms. The molecule has 0 unspecified atom stereocenters. The van der Waals surface area contributed by atoms with Crippen LogP contribution < -0.4 is 8.85 Å². The molecule has 0 aliphatic carbocycles. The predicted octanol–water partition coefficient (Wildman–Crippen LogP) is 8.51. The fourth-order valence-electron chi connectivity index (χ4n) is 2.32. The van der Waals surface area contributed by atoms with Gasteiger partial charge in [0.15, 0.2) is 0 Å². The Morgan fingerprint density at radius 2 is 1.29 bits per heavy atom. The van der Waals surface area contributed by atoms with Crippen molar-refractivity contribution in [2.45, 2.75) is 77.8 Å². The maximum atomic E-state index is 14.3. The van der Waals surface area contributed by atoms with E-state index in [1.807, 2.05) is 18.2 Å². The van der Waals surface area contributed by atoms with E-state index in [1.54, 1.807) is 6.07 Å². The molecular weight excluding hydrogens is 451 g/mol. The molecule has 0 fully saturated rings. The fraction of sp³-hybridized carbons (Fsp3) is 0.545. The first-order valence-electron chi connectivity index (χ1n) is 9.75. The quantitative estimate of drug-likeness (QED) is 0.404. The molecule has 2 aromatic carbocycles. The first-order valence-corrected chi connectivity index (χ1v) is 16.4. The standard InChI is InChI=1S/C22H34BrFO2Si2/c1-21(2,3)27(7,8)25-16-11-15-12-18(23)19(24)14-17(15)20(13-16)26-28(9,10)22(4,5)6/h11-14H,1-10H3. The summed E-state index contributed by atoms with van der Waals surface area (Å²) in [6.07, 6.45) is 0. The van der Waals surface area contributed by atoms with Crippen LogP contribution in [0.5, 0.6) is 11.5 Å². The van der Waals surface area contributed by atoms with Gasteiger partial charge in [-0.05, 0) is 75.8 Å². The number of rotatable bonds is 4. The van der Waals surface area contributed by atoms with Gasteiger partial charge in [0.2, 0.25) is 8.32 Å². The molecule has 0 N–H and O–H groups in total. The van der Waals surface area contributed by atoms with Gasteiger partial charge in [-0.1, -0.05) is 41.5 Å². The van der Waals surface area contributed by atoms with Crippen molar-refractivity contribution in [3.8, 4) is 11.5 Å². The van der Waals surface area contributed by atoms with Crippen LogP contribution in [-0.4, -0.2) is 16.6 Å². The zero-order chi connectivity index (χ0) is 21.7. The van der Waals surface area contributed by atoms with E-state index in [9.17, 15) is 4.39 Å². The summed E-state index contributed by atoms with van der Waals surface area (Å²) in [4.78, 5) is 0. The van der Waals surface area contributed by atoms with Crippen molar-refractivity contribution >= 4 is 43.3 Å². The minimum atomic E-state index is -2.09. The molecule has 0 saturated carbocycles. The normalized spacial score (nSPS) is 13.7. The maximum Gasteiger partial charge on any atom is 0.250 e. The zero-order valence-electron chi connectivity index (χ0n) is 18.9. The molecule has 2 rings (SSSR count). The third-order valence-electron chi connectivity index (χ3n) is 6.28. The van der Waals surface area contributed by atoms with Gasteiger partial charge >= 0.3 is 0 Å². The van der Waals surface area contributed by atoms with E-state index >= 15 is 0 Å². The molecular formula is C22H34BrFO2Si2. The molecule has 0 atom stereocenters. The van der Waals surface area contributed by atoms with Gasteiger partial charge in [0.25, 0.3) is 8.32 Å². The molecule has 0 bridgehead atoms. The van der Waals surface area contributed by atoms with E-state index in [1.165, 1.54) is 0 Å². The summed E-state index contributed by atoms with van der Waals surface area (Å²) < 4.78 is 27.9. The van der Waals surface area contributed by atoms with Crippen molar-refractivity contribution in [3.63, 3.8) is 0 Å². The third kappa shape index (κ3) is 4.82. The van der Waals surface area contributed by atoms with Gasteiger partial charge in [-0.3, -0.25) is 0 Å². The lowest BCUT2D eigenvalue weighted by molar-refractivity contribution is 0.477. The predicted molar refractivity (Wildman–Crippen MR) is 127 cm³/mol. The summed E-state index contributed by atoms with van der Waals surface area (Å²) >= 11 is 3.31. The highest BCUT2D eigenvalue weighted by Crippen LogP contribution is 2.43. The minimum Gasteiger partial charge on any atom is -0.543 e. The Labute approximate surface area is 180 Å². The Morgan fingerprint density at radius 1 is 0.786 bits per heavy atom. The van der Waals surface area contributed by atoms with Crippen LogP contribution in [0.25, 0.3) is 10.8 Å². The topological polar surface area (TPSA) is 18.5 Å². The van der Waals surface area contributed by atoms with Crippen LogP contribution >= 0.6 is 15.9 Å². The zero-order valence-corrected chi connectivity index (χ0v) is 22.5.